The second-order valence-corrected chi connectivity index (χ2v) is 5.50. The minimum Gasteiger partial charge on any atom is -0.493 e. The van der Waals surface area contributed by atoms with Crippen LogP contribution in [0.3, 0.4) is 0 Å². The van der Waals surface area contributed by atoms with Crippen molar-refractivity contribution in [1.29, 1.82) is 0 Å². The largest absolute Gasteiger partial charge is 0.493 e. The number of primary sulfonamides is 1. The third-order valence-electron chi connectivity index (χ3n) is 2.57. The van der Waals surface area contributed by atoms with Gasteiger partial charge in [0, 0.05) is 12.0 Å². The first kappa shape index (κ1) is 11.3. The molecule has 1 atom stereocenters. The van der Waals surface area contributed by atoms with E-state index in [1.165, 1.54) is 12.1 Å². The van der Waals surface area contributed by atoms with Crippen LogP contribution >= 0.6 is 0 Å². The minimum absolute atomic E-state index is 0.130. The van der Waals surface area contributed by atoms with Crippen LogP contribution in [0.25, 0.3) is 0 Å². The number of benzene rings is 1. The molecule has 4 nitrogen and oxygen atoms in total. The first-order chi connectivity index (χ1) is 7.46. The van der Waals surface area contributed by atoms with Crippen molar-refractivity contribution in [3.63, 3.8) is 0 Å². The highest BCUT2D eigenvalue weighted by Crippen LogP contribution is 2.34. The maximum Gasteiger partial charge on any atom is 0.209 e. The van der Waals surface area contributed by atoms with Crippen LogP contribution in [0.4, 0.5) is 4.39 Å². The Morgan fingerprint density at radius 1 is 1.50 bits per heavy atom. The maximum atomic E-state index is 12.9. The van der Waals surface area contributed by atoms with Gasteiger partial charge in [0.05, 0.1) is 12.4 Å². The van der Waals surface area contributed by atoms with E-state index in [4.69, 9.17) is 9.88 Å². The summed E-state index contributed by atoms with van der Waals surface area (Å²) in [6, 6.07) is 4.12. The van der Waals surface area contributed by atoms with Crippen LogP contribution in [0.5, 0.6) is 5.75 Å². The van der Waals surface area contributed by atoms with Gasteiger partial charge >= 0.3 is 0 Å². The fraction of sp³-hybridized carbons (Fsp3) is 0.400. The Labute approximate surface area is 93.3 Å². The van der Waals surface area contributed by atoms with Crippen LogP contribution < -0.4 is 9.88 Å². The van der Waals surface area contributed by atoms with Gasteiger partial charge in [-0.05, 0) is 18.1 Å². The van der Waals surface area contributed by atoms with E-state index in [1.54, 1.807) is 6.07 Å². The smallest absolute Gasteiger partial charge is 0.209 e. The van der Waals surface area contributed by atoms with Gasteiger partial charge in [0.15, 0.2) is 0 Å². The number of fused-ring (bicyclic) bond motifs is 1. The molecule has 2 N–H and O–H groups in total. The van der Waals surface area contributed by atoms with E-state index in [1.807, 2.05) is 0 Å². The van der Waals surface area contributed by atoms with Gasteiger partial charge in [-0.2, -0.15) is 0 Å². The summed E-state index contributed by atoms with van der Waals surface area (Å²) in [6.45, 7) is 0.386. The van der Waals surface area contributed by atoms with Crippen LogP contribution in [0.15, 0.2) is 18.2 Å². The first-order valence-electron chi connectivity index (χ1n) is 4.88. The molecule has 0 bridgehead atoms. The Hall–Kier alpha value is -1.14. The lowest BCUT2D eigenvalue weighted by Crippen LogP contribution is -2.25. The number of rotatable bonds is 2. The molecule has 2 rings (SSSR count). The van der Waals surface area contributed by atoms with Crippen molar-refractivity contribution in [3.05, 3.63) is 29.6 Å². The number of hydrogen-bond donors (Lipinski definition) is 1. The molecule has 0 aromatic heterocycles. The van der Waals surface area contributed by atoms with Gasteiger partial charge in [0.25, 0.3) is 0 Å². The molecule has 0 amide bonds. The van der Waals surface area contributed by atoms with Crippen molar-refractivity contribution >= 4 is 10.0 Å². The van der Waals surface area contributed by atoms with Gasteiger partial charge in [0.2, 0.25) is 10.0 Å². The Bertz CT molecular complexity index is 501. The normalized spacial score (nSPS) is 20.0. The highest BCUT2D eigenvalue weighted by Gasteiger charge is 2.25. The molecule has 1 aromatic carbocycles. The standard InChI is InChI=1S/C10H12FNO3S/c11-8-1-2-9-7(6-16(12,13)14)3-4-15-10(9)5-8/h1-2,5,7H,3-4,6H2,(H2,12,13,14). The predicted octanol–water partition coefficient (Wildman–Crippen LogP) is 0.980. The van der Waals surface area contributed by atoms with E-state index >= 15 is 0 Å². The van der Waals surface area contributed by atoms with Gasteiger partial charge < -0.3 is 4.74 Å². The molecule has 88 valence electrons. The van der Waals surface area contributed by atoms with Crippen molar-refractivity contribution in [2.45, 2.75) is 12.3 Å². The van der Waals surface area contributed by atoms with Crippen LogP contribution in [0.2, 0.25) is 0 Å². The van der Waals surface area contributed by atoms with Crippen molar-refractivity contribution in [3.8, 4) is 5.75 Å². The van der Waals surface area contributed by atoms with Crippen LogP contribution in [0, 0.1) is 5.82 Å². The lowest BCUT2D eigenvalue weighted by atomic mass is 9.95. The predicted molar refractivity (Wildman–Crippen MR) is 57.2 cm³/mol. The van der Waals surface area contributed by atoms with E-state index in [2.05, 4.69) is 0 Å². The summed E-state index contributed by atoms with van der Waals surface area (Å²) in [6.07, 6.45) is 0.578. The Kier molecular flexibility index (Phi) is 2.86. The molecule has 1 aromatic rings. The zero-order valence-electron chi connectivity index (χ0n) is 8.52. The average Bonchev–Trinajstić information content (AvgIpc) is 2.15. The summed E-state index contributed by atoms with van der Waals surface area (Å²) >= 11 is 0. The van der Waals surface area contributed by atoms with E-state index < -0.39 is 15.8 Å². The highest BCUT2D eigenvalue weighted by molar-refractivity contribution is 7.89. The molecule has 0 fully saturated rings. The van der Waals surface area contributed by atoms with Gasteiger partial charge in [-0.1, -0.05) is 6.07 Å². The summed E-state index contributed by atoms with van der Waals surface area (Å²) in [5.74, 6) is -0.316. The molecule has 0 saturated carbocycles. The summed E-state index contributed by atoms with van der Waals surface area (Å²) < 4.78 is 40.3. The molecular weight excluding hydrogens is 233 g/mol. The Morgan fingerprint density at radius 3 is 2.94 bits per heavy atom. The molecule has 1 unspecified atom stereocenters. The molecule has 6 heteroatoms. The summed E-state index contributed by atoms with van der Waals surface area (Å²) in [7, 11) is -3.53. The van der Waals surface area contributed by atoms with Crippen LogP contribution in [-0.2, 0) is 10.0 Å². The Balaban J connectivity index is 2.33. The van der Waals surface area contributed by atoms with E-state index in [9.17, 15) is 12.8 Å². The molecule has 1 aliphatic heterocycles. The van der Waals surface area contributed by atoms with Crippen molar-refractivity contribution in [2.75, 3.05) is 12.4 Å². The quantitative estimate of drug-likeness (QED) is 0.844. The van der Waals surface area contributed by atoms with Crippen molar-refractivity contribution in [1.82, 2.24) is 0 Å². The zero-order valence-corrected chi connectivity index (χ0v) is 9.34. The number of nitrogens with two attached hydrogens (primary N) is 1. The molecule has 0 saturated heterocycles. The van der Waals surface area contributed by atoms with Crippen LogP contribution in [0.1, 0.15) is 17.9 Å². The van der Waals surface area contributed by atoms with Crippen molar-refractivity contribution < 1.29 is 17.5 Å². The van der Waals surface area contributed by atoms with E-state index in [0.717, 1.165) is 0 Å². The van der Waals surface area contributed by atoms with Crippen LogP contribution in [-0.4, -0.2) is 20.8 Å². The fourth-order valence-corrected chi connectivity index (χ4v) is 2.80. The SMILES string of the molecule is NS(=O)(=O)CC1CCOc2cc(F)ccc21. The topological polar surface area (TPSA) is 69.4 Å². The van der Waals surface area contributed by atoms with E-state index in [-0.39, 0.29) is 11.7 Å². The van der Waals surface area contributed by atoms with Crippen molar-refractivity contribution in [2.24, 2.45) is 5.14 Å². The summed E-state index contributed by atoms with van der Waals surface area (Å²) in [5, 5.41) is 5.01. The highest BCUT2D eigenvalue weighted by atomic mass is 32.2. The second kappa shape index (κ2) is 4.03. The molecule has 0 aliphatic carbocycles. The lowest BCUT2D eigenvalue weighted by Gasteiger charge is -2.25. The lowest BCUT2D eigenvalue weighted by molar-refractivity contribution is 0.271. The molecule has 1 heterocycles. The Morgan fingerprint density at radius 2 is 2.25 bits per heavy atom. The number of sulfonamides is 1. The molecule has 0 radical (unpaired) electrons. The third-order valence-corrected chi connectivity index (χ3v) is 3.44. The first-order valence-corrected chi connectivity index (χ1v) is 6.60. The molecule has 16 heavy (non-hydrogen) atoms. The maximum absolute atomic E-state index is 12.9. The number of hydrogen-bond acceptors (Lipinski definition) is 3. The number of ether oxygens (including phenoxy) is 1. The summed E-state index contributed by atoms with van der Waals surface area (Å²) in [4.78, 5) is 0. The third kappa shape index (κ3) is 2.51. The minimum atomic E-state index is -3.53. The molecule has 1 aliphatic rings. The molecular formula is C10H12FNO3S. The van der Waals surface area contributed by atoms with Gasteiger partial charge in [0.1, 0.15) is 11.6 Å². The van der Waals surface area contributed by atoms with Gasteiger partial charge in [-0.25, -0.2) is 17.9 Å². The summed E-state index contributed by atoms with van der Waals surface area (Å²) in [5.41, 5.74) is 0.710. The number of halogens is 1. The average molecular weight is 245 g/mol. The second-order valence-electron chi connectivity index (χ2n) is 3.85. The van der Waals surface area contributed by atoms with Gasteiger partial charge in [-0.15, -0.1) is 0 Å². The molecule has 0 spiro atoms. The zero-order chi connectivity index (χ0) is 11.8. The monoisotopic (exact) mass is 245 g/mol. The van der Waals surface area contributed by atoms with Gasteiger partial charge in [-0.3, -0.25) is 0 Å². The van der Waals surface area contributed by atoms with E-state index in [0.29, 0.717) is 24.3 Å². The fourth-order valence-electron chi connectivity index (χ4n) is 1.89.